The predicted molar refractivity (Wildman–Crippen MR) is 74.3 cm³/mol. The number of anilines is 2. The summed E-state index contributed by atoms with van der Waals surface area (Å²) in [4.78, 5) is 15.5. The summed E-state index contributed by atoms with van der Waals surface area (Å²) in [6.07, 6.45) is 0. The minimum Gasteiger partial charge on any atom is -0.492 e. The van der Waals surface area contributed by atoms with Gasteiger partial charge in [-0.05, 0) is 19.1 Å². The highest BCUT2D eigenvalue weighted by Crippen LogP contribution is 2.28. The number of rotatable bonds is 5. The molecule has 19 heavy (non-hydrogen) atoms. The Morgan fingerprint density at radius 1 is 1.42 bits per heavy atom. The lowest BCUT2D eigenvalue weighted by Gasteiger charge is -2.09. The first-order valence-corrected chi connectivity index (χ1v) is 6.65. The number of hydrogen-bond donors (Lipinski definition) is 1. The fraction of sp³-hybridized carbons (Fsp3) is 0.231. The molecule has 0 unspecified atom stereocenters. The van der Waals surface area contributed by atoms with Crippen LogP contribution in [0.2, 0.25) is 0 Å². The molecule has 0 radical (unpaired) electrons. The number of carbonyl (C=O) groups is 1. The maximum Gasteiger partial charge on any atom is 0.357 e. The van der Waals surface area contributed by atoms with Crippen molar-refractivity contribution in [2.24, 2.45) is 0 Å². The van der Waals surface area contributed by atoms with Crippen molar-refractivity contribution >= 4 is 28.1 Å². The van der Waals surface area contributed by atoms with Crippen LogP contribution in [-0.2, 0) is 4.74 Å². The van der Waals surface area contributed by atoms with E-state index >= 15 is 0 Å². The Balaban J connectivity index is 2.17. The second-order valence-electron chi connectivity index (χ2n) is 3.58. The number of benzene rings is 1. The van der Waals surface area contributed by atoms with Crippen molar-refractivity contribution in [1.29, 1.82) is 0 Å². The molecule has 1 aromatic heterocycles. The van der Waals surface area contributed by atoms with E-state index in [0.29, 0.717) is 17.4 Å². The summed E-state index contributed by atoms with van der Waals surface area (Å²) < 4.78 is 10.1. The third kappa shape index (κ3) is 3.23. The van der Waals surface area contributed by atoms with Crippen LogP contribution in [0.5, 0.6) is 5.75 Å². The molecule has 100 valence electrons. The molecule has 0 aliphatic heterocycles. The summed E-state index contributed by atoms with van der Waals surface area (Å²) >= 11 is 1.34. The van der Waals surface area contributed by atoms with Crippen LogP contribution in [-0.4, -0.2) is 24.7 Å². The van der Waals surface area contributed by atoms with Gasteiger partial charge in [-0.15, -0.1) is 11.3 Å². The van der Waals surface area contributed by atoms with Gasteiger partial charge in [0.05, 0.1) is 19.4 Å². The maximum atomic E-state index is 11.3. The van der Waals surface area contributed by atoms with Crippen LogP contribution in [0, 0.1) is 0 Å². The van der Waals surface area contributed by atoms with Crippen LogP contribution in [0.4, 0.5) is 10.8 Å². The molecule has 0 aliphatic carbocycles. The van der Waals surface area contributed by atoms with E-state index < -0.39 is 5.97 Å². The lowest BCUT2D eigenvalue weighted by molar-refractivity contribution is 0.0595. The summed E-state index contributed by atoms with van der Waals surface area (Å²) in [5.74, 6) is 0.308. The second-order valence-corrected chi connectivity index (χ2v) is 4.44. The number of carbonyl (C=O) groups excluding carboxylic acids is 1. The maximum absolute atomic E-state index is 11.3. The third-order valence-corrected chi connectivity index (χ3v) is 3.08. The van der Waals surface area contributed by atoms with Gasteiger partial charge in [-0.3, -0.25) is 0 Å². The predicted octanol–water partition coefficient (Wildman–Crippen LogP) is 3.07. The lowest BCUT2D eigenvalue weighted by Crippen LogP contribution is -2.02. The number of aromatic nitrogens is 1. The average Bonchev–Trinajstić information content (AvgIpc) is 2.89. The van der Waals surface area contributed by atoms with E-state index in [1.54, 1.807) is 5.38 Å². The van der Waals surface area contributed by atoms with E-state index in [0.717, 1.165) is 11.4 Å². The molecule has 0 saturated carbocycles. The second kappa shape index (κ2) is 6.19. The zero-order valence-electron chi connectivity index (χ0n) is 10.7. The van der Waals surface area contributed by atoms with E-state index in [-0.39, 0.29) is 0 Å². The van der Waals surface area contributed by atoms with E-state index in [2.05, 4.69) is 15.0 Å². The number of nitrogens with zero attached hydrogens (tertiary/aromatic N) is 1. The van der Waals surface area contributed by atoms with Gasteiger partial charge in [-0.2, -0.15) is 0 Å². The van der Waals surface area contributed by atoms with Gasteiger partial charge >= 0.3 is 5.97 Å². The molecule has 0 atom stereocenters. The smallest absolute Gasteiger partial charge is 0.357 e. The largest absolute Gasteiger partial charge is 0.492 e. The normalized spacial score (nSPS) is 10.0. The Hall–Kier alpha value is -2.08. The van der Waals surface area contributed by atoms with Crippen molar-refractivity contribution < 1.29 is 14.3 Å². The molecule has 0 aliphatic rings. The highest BCUT2D eigenvalue weighted by Gasteiger charge is 2.11. The number of nitrogens with one attached hydrogen (secondary N) is 1. The van der Waals surface area contributed by atoms with Crippen molar-refractivity contribution in [2.45, 2.75) is 6.92 Å². The van der Waals surface area contributed by atoms with Crippen LogP contribution in [0.3, 0.4) is 0 Å². The molecule has 0 fully saturated rings. The van der Waals surface area contributed by atoms with Gasteiger partial charge in [0.15, 0.2) is 10.8 Å². The van der Waals surface area contributed by atoms with Gasteiger partial charge in [-0.25, -0.2) is 9.78 Å². The number of para-hydroxylation sites is 2. The molecule has 1 N–H and O–H groups in total. The molecule has 6 heteroatoms. The number of hydrogen-bond acceptors (Lipinski definition) is 6. The summed E-state index contributed by atoms with van der Waals surface area (Å²) in [5, 5.41) is 5.40. The highest BCUT2D eigenvalue weighted by atomic mass is 32.1. The van der Waals surface area contributed by atoms with Crippen LogP contribution < -0.4 is 10.1 Å². The van der Waals surface area contributed by atoms with Crippen LogP contribution in [0.15, 0.2) is 29.6 Å². The van der Waals surface area contributed by atoms with Gasteiger partial charge in [0.1, 0.15) is 5.75 Å². The Labute approximate surface area is 115 Å². The van der Waals surface area contributed by atoms with Crippen molar-refractivity contribution in [3.63, 3.8) is 0 Å². The Morgan fingerprint density at radius 2 is 2.21 bits per heavy atom. The monoisotopic (exact) mass is 278 g/mol. The van der Waals surface area contributed by atoms with Crippen LogP contribution >= 0.6 is 11.3 Å². The lowest BCUT2D eigenvalue weighted by atomic mass is 10.3. The Kier molecular flexibility index (Phi) is 4.35. The Morgan fingerprint density at radius 3 is 2.95 bits per heavy atom. The van der Waals surface area contributed by atoms with E-state index in [4.69, 9.17) is 4.74 Å². The van der Waals surface area contributed by atoms with Gasteiger partial charge in [0.2, 0.25) is 0 Å². The molecule has 0 saturated heterocycles. The first kappa shape index (κ1) is 13.4. The fourth-order valence-electron chi connectivity index (χ4n) is 1.50. The van der Waals surface area contributed by atoms with Gasteiger partial charge in [0.25, 0.3) is 0 Å². The van der Waals surface area contributed by atoms with Crippen molar-refractivity contribution in [2.75, 3.05) is 19.0 Å². The third-order valence-electron chi connectivity index (χ3n) is 2.33. The first-order chi connectivity index (χ1) is 9.24. The van der Waals surface area contributed by atoms with Crippen LogP contribution in [0.1, 0.15) is 17.4 Å². The summed E-state index contributed by atoms with van der Waals surface area (Å²) in [6.45, 7) is 2.51. The number of thiazole rings is 1. The number of ether oxygens (including phenoxy) is 2. The Bertz CT molecular complexity index is 569. The topological polar surface area (TPSA) is 60.5 Å². The first-order valence-electron chi connectivity index (χ1n) is 5.77. The molecule has 2 rings (SSSR count). The van der Waals surface area contributed by atoms with Crippen molar-refractivity contribution in [3.05, 3.63) is 35.3 Å². The SMILES string of the molecule is CCOc1ccccc1Nc1nc(C(=O)OC)cs1. The average molecular weight is 278 g/mol. The molecule has 1 heterocycles. The van der Waals surface area contributed by atoms with Crippen LogP contribution in [0.25, 0.3) is 0 Å². The minimum atomic E-state index is -0.442. The number of methoxy groups -OCH3 is 1. The quantitative estimate of drug-likeness (QED) is 0.852. The summed E-state index contributed by atoms with van der Waals surface area (Å²) in [5.41, 5.74) is 1.11. The van der Waals surface area contributed by atoms with Gasteiger partial charge < -0.3 is 14.8 Å². The van der Waals surface area contributed by atoms with E-state index in [1.165, 1.54) is 18.4 Å². The van der Waals surface area contributed by atoms with E-state index in [1.807, 2.05) is 31.2 Å². The van der Waals surface area contributed by atoms with Gasteiger partial charge in [0, 0.05) is 5.38 Å². The zero-order valence-corrected chi connectivity index (χ0v) is 11.5. The summed E-state index contributed by atoms with van der Waals surface area (Å²) in [7, 11) is 1.33. The van der Waals surface area contributed by atoms with Crippen molar-refractivity contribution in [1.82, 2.24) is 4.98 Å². The molecule has 0 spiro atoms. The molecular formula is C13H14N2O3S. The molecule has 0 bridgehead atoms. The fourth-order valence-corrected chi connectivity index (χ4v) is 2.19. The van der Waals surface area contributed by atoms with Crippen molar-refractivity contribution in [3.8, 4) is 5.75 Å². The molecule has 2 aromatic rings. The molecular weight excluding hydrogens is 264 g/mol. The molecule has 0 amide bonds. The zero-order chi connectivity index (χ0) is 13.7. The molecule has 5 nitrogen and oxygen atoms in total. The number of esters is 1. The summed E-state index contributed by atoms with van der Waals surface area (Å²) in [6, 6.07) is 7.57. The molecule has 1 aromatic carbocycles. The standard InChI is InChI=1S/C13H14N2O3S/c1-3-18-11-7-5-4-6-9(11)14-13-15-10(8-19-13)12(16)17-2/h4-8H,3H2,1-2H3,(H,14,15). The minimum absolute atomic E-state index is 0.295. The van der Waals surface area contributed by atoms with Gasteiger partial charge in [-0.1, -0.05) is 12.1 Å². The highest BCUT2D eigenvalue weighted by molar-refractivity contribution is 7.14. The van der Waals surface area contributed by atoms with E-state index in [9.17, 15) is 4.79 Å².